The van der Waals surface area contributed by atoms with Crippen molar-refractivity contribution in [2.75, 3.05) is 23.9 Å². The average Bonchev–Trinajstić information content (AvgIpc) is 2.75. The second kappa shape index (κ2) is 4.59. The van der Waals surface area contributed by atoms with Crippen LogP contribution in [-0.4, -0.2) is 27.5 Å². The van der Waals surface area contributed by atoms with Crippen LogP contribution in [0.4, 0.5) is 11.8 Å². The predicted molar refractivity (Wildman–Crippen MR) is 80.4 cm³/mol. The minimum atomic E-state index is 0.347. The Labute approximate surface area is 114 Å². The Morgan fingerprint density at radius 2 is 2.33 bits per heavy atom. The molecule has 2 aromatic rings. The van der Waals surface area contributed by atoms with Crippen LogP contribution in [0.1, 0.15) is 19.3 Å². The van der Waals surface area contributed by atoms with Crippen molar-refractivity contribution in [2.24, 2.45) is 0 Å². The molecule has 0 atom stereocenters. The van der Waals surface area contributed by atoms with Crippen LogP contribution in [-0.2, 0) is 0 Å². The standard InChI is InChI=1S/C12H16N4S2/c1-17-12(4-2-5-12)7-14-9-8-3-6-18-10(8)16-11(13)15-9/h3,6H,2,4-5,7H2,1H3,(H3,13,14,15,16). The number of anilines is 2. The highest BCUT2D eigenvalue weighted by Gasteiger charge is 2.36. The van der Waals surface area contributed by atoms with Crippen molar-refractivity contribution in [3.05, 3.63) is 11.4 Å². The quantitative estimate of drug-likeness (QED) is 0.901. The van der Waals surface area contributed by atoms with Crippen molar-refractivity contribution < 1.29 is 0 Å². The van der Waals surface area contributed by atoms with E-state index in [0.717, 1.165) is 22.6 Å². The molecule has 0 spiro atoms. The van der Waals surface area contributed by atoms with Gasteiger partial charge in [-0.05, 0) is 30.5 Å². The van der Waals surface area contributed by atoms with Crippen molar-refractivity contribution in [3.8, 4) is 0 Å². The van der Waals surface area contributed by atoms with Crippen LogP contribution in [0.3, 0.4) is 0 Å². The lowest BCUT2D eigenvalue weighted by molar-refractivity contribution is 0.380. The van der Waals surface area contributed by atoms with Gasteiger partial charge in [-0.2, -0.15) is 16.7 Å². The number of rotatable bonds is 4. The maximum absolute atomic E-state index is 5.74. The summed E-state index contributed by atoms with van der Waals surface area (Å²) in [5.41, 5.74) is 5.74. The van der Waals surface area contributed by atoms with Crippen molar-refractivity contribution >= 4 is 45.1 Å². The normalized spacial score (nSPS) is 17.6. The van der Waals surface area contributed by atoms with E-state index in [1.807, 2.05) is 23.2 Å². The van der Waals surface area contributed by atoms with Gasteiger partial charge in [-0.3, -0.25) is 0 Å². The Morgan fingerprint density at radius 3 is 3.00 bits per heavy atom. The molecule has 6 heteroatoms. The number of nitrogens with zero attached hydrogens (tertiary/aromatic N) is 2. The Kier molecular flexibility index (Phi) is 3.07. The summed E-state index contributed by atoms with van der Waals surface area (Å²) >= 11 is 3.55. The van der Waals surface area contributed by atoms with Crippen LogP contribution in [0, 0.1) is 0 Å². The van der Waals surface area contributed by atoms with E-state index in [-0.39, 0.29) is 0 Å². The van der Waals surface area contributed by atoms with Crippen molar-refractivity contribution in [2.45, 2.75) is 24.0 Å². The summed E-state index contributed by atoms with van der Waals surface area (Å²) in [7, 11) is 0. The molecule has 0 bridgehead atoms. The molecule has 96 valence electrons. The highest BCUT2D eigenvalue weighted by atomic mass is 32.2. The lowest BCUT2D eigenvalue weighted by atomic mass is 9.84. The van der Waals surface area contributed by atoms with Gasteiger partial charge in [-0.1, -0.05) is 6.42 Å². The summed E-state index contributed by atoms with van der Waals surface area (Å²) in [6.07, 6.45) is 6.10. The van der Waals surface area contributed by atoms with Crippen molar-refractivity contribution in [1.29, 1.82) is 0 Å². The van der Waals surface area contributed by atoms with Crippen LogP contribution >= 0.6 is 23.1 Å². The van der Waals surface area contributed by atoms with E-state index in [1.54, 1.807) is 11.3 Å². The zero-order chi connectivity index (χ0) is 12.6. The Hall–Kier alpha value is -1.01. The smallest absolute Gasteiger partial charge is 0.223 e. The third-order valence-electron chi connectivity index (χ3n) is 3.62. The zero-order valence-corrected chi connectivity index (χ0v) is 11.9. The number of thioether (sulfide) groups is 1. The third kappa shape index (κ3) is 2.03. The fourth-order valence-corrected chi connectivity index (χ4v) is 3.96. The van der Waals surface area contributed by atoms with E-state index in [1.165, 1.54) is 19.3 Å². The number of thiophene rings is 1. The Morgan fingerprint density at radius 1 is 1.50 bits per heavy atom. The minimum absolute atomic E-state index is 0.347. The molecule has 1 saturated carbocycles. The molecule has 18 heavy (non-hydrogen) atoms. The van der Waals surface area contributed by atoms with Gasteiger partial charge in [0, 0.05) is 11.3 Å². The van der Waals surface area contributed by atoms with Crippen LogP contribution in [0.5, 0.6) is 0 Å². The monoisotopic (exact) mass is 280 g/mol. The number of hydrogen-bond donors (Lipinski definition) is 2. The highest BCUT2D eigenvalue weighted by Crippen LogP contribution is 2.43. The molecule has 0 saturated heterocycles. The molecule has 2 heterocycles. The second-order valence-corrected chi connectivity index (χ2v) is 6.83. The van der Waals surface area contributed by atoms with E-state index in [9.17, 15) is 0 Å². The molecule has 1 aliphatic rings. The lowest BCUT2D eigenvalue weighted by Crippen LogP contribution is -2.40. The van der Waals surface area contributed by atoms with Gasteiger partial charge < -0.3 is 11.1 Å². The summed E-state index contributed by atoms with van der Waals surface area (Å²) in [5.74, 6) is 1.22. The van der Waals surface area contributed by atoms with Gasteiger partial charge in [-0.25, -0.2) is 4.98 Å². The minimum Gasteiger partial charge on any atom is -0.368 e. The summed E-state index contributed by atoms with van der Waals surface area (Å²) in [6, 6.07) is 2.05. The molecular weight excluding hydrogens is 264 g/mol. The van der Waals surface area contributed by atoms with Crippen LogP contribution in [0.25, 0.3) is 10.2 Å². The van der Waals surface area contributed by atoms with Crippen LogP contribution < -0.4 is 11.1 Å². The molecule has 0 aromatic carbocycles. The first kappa shape index (κ1) is 12.0. The SMILES string of the molecule is CSC1(CNc2nc(N)nc3sccc23)CCC1. The fraction of sp³-hybridized carbons (Fsp3) is 0.500. The second-order valence-electron chi connectivity index (χ2n) is 4.66. The molecule has 0 unspecified atom stereocenters. The van der Waals surface area contributed by atoms with Crippen molar-refractivity contribution in [1.82, 2.24) is 9.97 Å². The van der Waals surface area contributed by atoms with Crippen LogP contribution in [0.2, 0.25) is 0 Å². The molecule has 4 nitrogen and oxygen atoms in total. The average molecular weight is 280 g/mol. The highest BCUT2D eigenvalue weighted by molar-refractivity contribution is 8.00. The van der Waals surface area contributed by atoms with E-state index in [0.29, 0.717) is 10.7 Å². The third-order valence-corrected chi connectivity index (χ3v) is 5.84. The molecule has 1 aliphatic carbocycles. The summed E-state index contributed by atoms with van der Waals surface area (Å²) in [5, 5.41) is 6.56. The first-order valence-corrected chi connectivity index (χ1v) is 8.13. The summed E-state index contributed by atoms with van der Waals surface area (Å²) < 4.78 is 0.391. The Bertz CT molecular complexity index is 557. The molecular formula is C12H16N4S2. The molecule has 2 aromatic heterocycles. The number of fused-ring (bicyclic) bond motifs is 1. The van der Waals surface area contributed by atoms with E-state index < -0.39 is 0 Å². The van der Waals surface area contributed by atoms with Gasteiger partial charge in [0.05, 0.1) is 5.39 Å². The number of nitrogens with one attached hydrogen (secondary N) is 1. The van der Waals surface area contributed by atoms with Gasteiger partial charge >= 0.3 is 0 Å². The lowest BCUT2D eigenvalue weighted by Gasteiger charge is -2.40. The van der Waals surface area contributed by atoms with Gasteiger partial charge in [0.1, 0.15) is 10.6 Å². The number of hydrogen-bond acceptors (Lipinski definition) is 6. The molecule has 0 aliphatic heterocycles. The number of nitrogen functional groups attached to an aromatic ring is 1. The van der Waals surface area contributed by atoms with E-state index in [2.05, 4.69) is 21.5 Å². The largest absolute Gasteiger partial charge is 0.368 e. The van der Waals surface area contributed by atoms with Gasteiger partial charge in [0.25, 0.3) is 0 Å². The molecule has 1 fully saturated rings. The van der Waals surface area contributed by atoms with E-state index >= 15 is 0 Å². The first-order valence-electron chi connectivity index (χ1n) is 6.02. The maximum Gasteiger partial charge on any atom is 0.223 e. The van der Waals surface area contributed by atoms with Gasteiger partial charge in [-0.15, -0.1) is 11.3 Å². The first-order chi connectivity index (χ1) is 8.72. The molecule has 0 radical (unpaired) electrons. The topological polar surface area (TPSA) is 63.8 Å². The molecule has 3 rings (SSSR count). The summed E-state index contributed by atoms with van der Waals surface area (Å²) in [4.78, 5) is 9.51. The maximum atomic E-state index is 5.74. The van der Waals surface area contributed by atoms with Crippen molar-refractivity contribution in [3.63, 3.8) is 0 Å². The number of nitrogens with two attached hydrogens (primary N) is 1. The van der Waals surface area contributed by atoms with Crippen LogP contribution in [0.15, 0.2) is 11.4 Å². The zero-order valence-electron chi connectivity index (χ0n) is 10.3. The Balaban J connectivity index is 1.83. The molecule has 3 N–H and O–H groups in total. The fourth-order valence-electron chi connectivity index (χ4n) is 2.28. The van der Waals surface area contributed by atoms with Gasteiger partial charge in [0.15, 0.2) is 0 Å². The van der Waals surface area contributed by atoms with E-state index in [4.69, 9.17) is 5.73 Å². The predicted octanol–water partition coefficient (Wildman–Crippen LogP) is 2.97. The summed E-state index contributed by atoms with van der Waals surface area (Å²) in [6.45, 7) is 0.954. The van der Waals surface area contributed by atoms with Gasteiger partial charge in [0.2, 0.25) is 5.95 Å². The molecule has 0 amide bonds. The number of aromatic nitrogens is 2.